The van der Waals surface area contributed by atoms with Gasteiger partial charge in [0.15, 0.2) is 0 Å². The van der Waals surface area contributed by atoms with Gasteiger partial charge in [-0.15, -0.1) is 0 Å². The molecular weight excluding hydrogens is 186 g/mol. The maximum atomic E-state index is 9.58. The zero-order valence-corrected chi connectivity index (χ0v) is 9.61. The number of allylic oxidation sites excluding steroid dienone is 4. The summed E-state index contributed by atoms with van der Waals surface area (Å²) in [5, 5.41) is 9.58. The second-order valence-corrected chi connectivity index (χ2v) is 4.24. The lowest BCUT2D eigenvalue weighted by Gasteiger charge is -2.15. The van der Waals surface area contributed by atoms with Crippen LogP contribution in [0.15, 0.2) is 35.5 Å². The number of rotatable bonds is 3. The second kappa shape index (κ2) is 5.89. The lowest BCUT2D eigenvalue weighted by atomic mass is 9.93. The minimum absolute atomic E-state index is 0.352. The Kier molecular flexibility index (Phi) is 4.79. The first kappa shape index (κ1) is 12.2. The van der Waals surface area contributed by atoms with Gasteiger partial charge in [-0.1, -0.05) is 31.2 Å². The Balaban J connectivity index is 2.86. The molecule has 1 rings (SSSR count). The van der Waals surface area contributed by atoms with Crippen molar-refractivity contribution in [3.63, 3.8) is 0 Å². The average Bonchev–Trinajstić information content (AvgIpc) is 2.16. The van der Waals surface area contributed by atoms with E-state index in [1.54, 1.807) is 0 Å². The van der Waals surface area contributed by atoms with Crippen LogP contribution in [0.5, 0.6) is 0 Å². The molecule has 0 saturated carbocycles. The fourth-order valence-electron chi connectivity index (χ4n) is 1.71. The first-order valence-corrected chi connectivity index (χ1v) is 5.59. The Hall–Kier alpha value is -0.860. The number of hydrogen-bond donors (Lipinski definition) is 2. The van der Waals surface area contributed by atoms with Gasteiger partial charge >= 0.3 is 0 Å². The van der Waals surface area contributed by atoms with E-state index in [0.717, 1.165) is 18.4 Å². The summed E-state index contributed by atoms with van der Waals surface area (Å²) >= 11 is 0. The normalized spacial score (nSPS) is 32.9. The highest BCUT2D eigenvalue weighted by atomic mass is 16.3. The summed E-state index contributed by atoms with van der Waals surface area (Å²) in [6, 6.07) is 0. The minimum atomic E-state index is -0.352. The van der Waals surface area contributed by atoms with E-state index in [-0.39, 0.29) is 6.10 Å². The van der Waals surface area contributed by atoms with E-state index in [1.165, 1.54) is 5.57 Å². The molecule has 15 heavy (non-hydrogen) atoms. The van der Waals surface area contributed by atoms with E-state index in [0.29, 0.717) is 12.5 Å². The molecule has 2 heteroatoms. The van der Waals surface area contributed by atoms with Crippen molar-refractivity contribution in [2.45, 2.75) is 32.8 Å². The summed E-state index contributed by atoms with van der Waals surface area (Å²) in [5.74, 6) is 0.479. The molecule has 0 spiro atoms. The van der Waals surface area contributed by atoms with Gasteiger partial charge in [0.2, 0.25) is 0 Å². The quantitative estimate of drug-likeness (QED) is 0.745. The standard InChI is InChI=1S/C13H21NO/c1-10-3-4-12(7-8-14)5-6-13(9-10)11(2)15/h3-6,10-11,15H,7-9,14H2,1-2H3/b4-3-,12-5+,13-6-. The Morgan fingerprint density at radius 3 is 2.87 bits per heavy atom. The van der Waals surface area contributed by atoms with Crippen LogP contribution in [-0.4, -0.2) is 17.8 Å². The molecule has 0 heterocycles. The van der Waals surface area contributed by atoms with Crippen LogP contribution in [0, 0.1) is 5.92 Å². The summed E-state index contributed by atoms with van der Waals surface area (Å²) in [6.07, 6.45) is 9.92. The number of aliphatic hydroxyl groups excluding tert-OH is 1. The van der Waals surface area contributed by atoms with Gasteiger partial charge in [0.05, 0.1) is 6.10 Å². The molecule has 0 radical (unpaired) electrons. The van der Waals surface area contributed by atoms with Crippen LogP contribution in [0.4, 0.5) is 0 Å². The lowest BCUT2D eigenvalue weighted by molar-refractivity contribution is 0.224. The number of hydrogen-bond acceptors (Lipinski definition) is 2. The third-order valence-corrected chi connectivity index (χ3v) is 2.68. The molecule has 0 aromatic carbocycles. The van der Waals surface area contributed by atoms with Gasteiger partial charge in [-0.25, -0.2) is 0 Å². The second-order valence-electron chi connectivity index (χ2n) is 4.24. The minimum Gasteiger partial charge on any atom is -0.389 e. The summed E-state index contributed by atoms with van der Waals surface area (Å²) in [4.78, 5) is 0. The van der Waals surface area contributed by atoms with Crippen LogP contribution >= 0.6 is 0 Å². The van der Waals surface area contributed by atoms with Gasteiger partial charge in [-0.2, -0.15) is 0 Å². The first-order valence-electron chi connectivity index (χ1n) is 5.59. The van der Waals surface area contributed by atoms with Crippen LogP contribution in [0.25, 0.3) is 0 Å². The molecule has 1 aliphatic carbocycles. The van der Waals surface area contributed by atoms with Gasteiger partial charge in [0.25, 0.3) is 0 Å². The Morgan fingerprint density at radius 1 is 1.53 bits per heavy atom. The summed E-state index contributed by atoms with van der Waals surface area (Å²) in [7, 11) is 0. The van der Waals surface area contributed by atoms with E-state index in [4.69, 9.17) is 5.73 Å². The maximum Gasteiger partial charge on any atom is 0.0725 e. The number of aliphatic hydroxyl groups is 1. The van der Waals surface area contributed by atoms with Crippen molar-refractivity contribution in [1.82, 2.24) is 0 Å². The third kappa shape index (κ3) is 4.02. The molecule has 2 atom stereocenters. The van der Waals surface area contributed by atoms with Crippen LogP contribution in [-0.2, 0) is 0 Å². The molecule has 0 aromatic heterocycles. The molecule has 2 unspecified atom stereocenters. The summed E-state index contributed by atoms with van der Waals surface area (Å²) < 4.78 is 0. The van der Waals surface area contributed by atoms with Gasteiger partial charge in [0, 0.05) is 0 Å². The van der Waals surface area contributed by atoms with Crippen molar-refractivity contribution in [1.29, 1.82) is 0 Å². The average molecular weight is 207 g/mol. The topological polar surface area (TPSA) is 46.2 Å². The summed E-state index contributed by atoms with van der Waals surface area (Å²) in [5.41, 5.74) is 7.87. The van der Waals surface area contributed by atoms with E-state index >= 15 is 0 Å². The molecule has 3 N–H and O–H groups in total. The zero-order valence-electron chi connectivity index (χ0n) is 9.61. The van der Waals surface area contributed by atoms with E-state index in [9.17, 15) is 5.11 Å². The molecule has 0 aromatic rings. The molecular formula is C13H21NO. The Morgan fingerprint density at radius 2 is 2.27 bits per heavy atom. The Labute approximate surface area is 92.2 Å². The van der Waals surface area contributed by atoms with Crippen molar-refractivity contribution in [3.8, 4) is 0 Å². The number of nitrogens with two attached hydrogens (primary N) is 1. The van der Waals surface area contributed by atoms with Gasteiger partial charge in [-0.05, 0) is 43.4 Å². The smallest absolute Gasteiger partial charge is 0.0725 e. The largest absolute Gasteiger partial charge is 0.389 e. The van der Waals surface area contributed by atoms with Crippen LogP contribution in [0.1, 0.15) is 26.7 Å². The summed E-state index contributed by atoms with van der Waals surface area (Å²) in [6.45, 7) is 4.65. The molecule has 1 aliphatic rings. The van der Waals surface area contributed by atoms with Crippen LogP contribution in [0.3, 0.4) is 0 Å². The Bertz CT molecular complexity index is 287. The van der Waals surface area contributed by atoms with Gasteiger partial charge in [-0.3, -0.25) is 0 Å². The van der Waals surface area contributed by atoms with Crippen LogP contribution in [0.2, 0.25) is 0 Å². The molecule has 0 fully saturated rings. The van der Waals surface area contributed by atoms with Crippen molar-refractivity contribution in [3.05, 3.63) is 35.5 Å². The highest BCUT2D eigenvalue weighted by molar-refractivity contribution is 5.30. The maximum absolute atomic E-state index is 9.58. The SMILES string of the molecule is CC1\C=C/C(CCN)=C\C=C(/C(C)O)C1. The van der Waals surface area contributed by atoms with E-state index < -0.39 is 0 Å². The molecule has 0 aliphatic heterocycles. The van der Waals surface area contributed by atoms with Crippen LogP contribution < -0.4 is 5.73 Å². The first-order chi connectivity index (χ1) is 7.13. The monoisotopic (exact) mass is 207 g/mol. The molecule has 2 nitrogen and oxygen atoms in total. The predicted molar refractivity (Wildman–Crippen MR) is 64.4 cm³/mol. The van der Waals surface area contributed by atoms with Crippen molar-refractivity contribution < 1.29 is 5.11 Å². The van der Waals surface area contributed by atoms with Crippen molar-refractivity contribution in [2.75, 3.05) is 6.54 Å². The molecule has 84 valence electrons. The van der Waals surface area contributed by atoms with Gasteiger partial charge < -0.3 is 10.8 Å². The van der Waals surface area contributed by atoms with Crippen molar-refractivity contribution in [2.24, 2.45) is 11.7 Å². The third-order valence-electron chi connectivity index (χ3n) is 2.68. The molecule has 0 bridgehead atoms. The van der Waals surface area contributed by atoms with Crippen molar-refractivity contribution >= 4 is 0 Å². The van der Waals surface area contributed by atoms with E-state index in [1.807, 2.05) is 13.0 Å². The molecule has 0 amide bonds. The fourth-order valence-corrected chi connectivity index (χ4v) is 1.71. The fraction of sp³-hybridized carbons (Fsp3) is 0.538. The van der Waals surface area contributed by atoms with E-state index in [2.05, 4.69) is 25.2 Å². The molecule has 0 saturated heterocycles. The lowest BCUT2D eigenvalue weighted by Crippen LogP contribution is -2.09. The highest BCUT2D eigenvalue weighted by Gasteiger charge is 2.09. The zero-order chi connectivity index (χ0) is 11.3. The predicted octanol–water partition coefficient (Wildman–Crippen LogP) is 2.16. The van der Waals surface area contributed by atoms with Gasteiger partial charge in [0.1, 0.15) is 0 Å². The highest BCUT2D eigenvalue weighted by Crippen LogP contribution is 2.20.